The van der Waals surface area contributed by atoms with Gasteiger partial charge in [0.15, 0.2) is 6.61 Å². The summed E-state index contributed by atoms with van der Waals surface area (Å²) in [6.45, 7) is 2.78. The molecule has 1 atom stereocenters. The van der Waals surface area contributed by atoms with E-state index in [4.69, 9.17) is 10.5 Å². The van der Waals surface area contributed by atoms with E-state index in [-0.39, 0.29) is 0 Å². The standard InChI is InChI=1S/C11H17F3N2O5/c1-10(2,3)21-9(19)16-6(4-7(15)17)8(18)20-5-11(12,13)14/h6H,4-5H2,1-3H3,(H2,15,17)(H,16,19)/t6-/m0/s1. The number of ether oxygens (including phenoxy) is 2. The number of primary amides is 1. The van der Waals surface area contributed by atoms with Crippen molar-refractivity contribution >= 4 is 18.0 Å². The lowest BCUT2D eigenvalue weighted by molar-refractivity contribution is -0.187. The molecule has 0 saturated heterocycles. The maximum Gasteiger partial charge on any atom is 0.422 e. The summed E-state index contributed by atoms with van der Waals surface area (Å²) in [5.74, 6) is -2.43. The lowest BCUT2D eigenvalue weighted by Gasteiger charge is -2.22. The van der Waals surface area contributed by atoms with Gasteiger partial charge in [-0.1, -0.05) is 0 Å². The molecule has 3 N–H and O–H groups in total. The highest BCUT2D eigenvalue weighted by molar-refractivity contribution is 5.87. The highest BCUT2D eigenvalue weighted by Crippen LogP contribution is 2.15. The zero-order valence-electron chi connectivity index (χ0n) is 11.7. The van der Waals surface area contributed by atoms with Crippen molar-refractivity contribution < 1.29 is 37.0 Å². The number of carbonyl (C=O) groups is 3. The summed E-state index contributed by atoms with van der Waals surface area (Å²) in [5, 5.41) is 1.94. The monoisotopic (exact) mass is 314 g/mol. The largest absolute Gasteiger partial charge is 0.454 e. The molecule has 10 heteroatoms. The Morgan fingerprint density at radius 2 is 1.71 bits per heavy atom. The summed E-state index contributed by atoms with van der Waals surface area (Å²) in [6, 6.07) is -1.65. The van der Waals surface area contributed by atoms with Crippen LogP contribution in [-0.4, -0.2) is 42.4 Å². The molecule has 0 rings (SSSR count). The van der Waals surface area contributed by atoms with Gasteiger partial charge >= 0.3 is 18.2 Å². The van der Waals surface area contributed by atoms with Crippen LogP contribution in [0.5, 0.6) is 0 Å². The summed E-state index contributed by atoms with van der Waals surface area (Å²) in [5.41, 5.74) is 3.96. The van der Waals surface area contributed by atoms with Crippen molar-refractivity contribution in [2.75, 3.05) is 6.61 Å². The summed E-state index contributed by atoms with van der Waals surface area (Å²) in [4.78, 5) is 33.6. The molecule has 0 fully saturated rings. The van der Waals surface area contributed by atoms with Gasteiger partial charge in [-0.2, -0.15) is 13.2 Å². The zero-order chi connectivity index (χ0) is 16.8. The van der Waals surface area contributed by atoms with Crippen LogP contribution < -0.4 is 11.1 Å². The average molecular weight is 314 g/mol. The van der Waals surface area contributed by atoms with E-state index in [0.717, 1.165) is 0 Å². The highest BCUT2D eigenvalue weighted by Gasteiger charge is 2.33. The second-order valence-electron chi connectivity index (χ2n) is 5.09. The van der Waals surface area contributed by atoms with Gasteiger partial charge in [0, 0.05) is 0 Å². The Morgan fingerprint density at radius 3 is 2.10 bits per heavy atom. The van der Waals surface area contributed by atoms with Crippen molar-refractivity contribution in [3.05, 3.63) is 0 Å². The van der Waals surface area contributed by atoms with Crippen molar-refractivity contribution in [3.8, 4) is 0 Å². The van der Waals surface area contributed by atoms with Crippen LogP contribution in [0.3, 0.4) is 0 Å². The minimum atomic E-state index is -4.72. The molecule has 0 spiro atoms. The fraction of sp³-hybridized carbons (Fsp3) is 0.727. The van der Waals surface area contributed by atoms with Gasteiger partial charge in [-0.15, -0.1) is 0 Å². The molecule has 0 aromatic carbocycles. The second kappa shape index (κ2) is 7.14. The van der Waals surface area contributed by atoms with Gasteiger partial charge in [0.25, 0.3) is 0 Å². The zero-order valence-corrected chi connectivity index (χ0v) is 11.7. The minimum absolute atomic E-state index is 0.712. The molecule has 0 aromatic heterocycles. The Morgan fingerprint density at radius 1 is 1.19 bits per heavy atom. The van der Waals surface area contributed by atoms with E-state index in [1.807, 2.05) is 5.32 Å². The fourth-order valence-electron chi connectivity index (χ4n) is 1.10. The molecular formula is C11H17F3N2O5. The van der Waals surface area contributed by atoms with Crippen LogP contribution in [0.25, 0.3) is 0 Å². The molecule has 0 bridgehead atoms. The lowest BCUT2D eigenvalue weighted by atomic mass is 10.2. The Balaban J connectivity index is 4.68. The molecule has 0 aliphatic rings. The molecule has 7 nitrogen and oxygen atoms in total. The fourth-order valence-corrected chi connectivity index (χ4v) is 1.10. The third-order valence-corrected chi connectivity index (χ3v) is 1.76. The van der Waals surface area contributed by atoms with E-state index < -0.39 is 48.8 Å². The summed E-state index contributed by atoms with van der Waals surface area (Å²) < 4.78 is 44.6. The first-order valence-electron chi connectivity index (χ1n) is 5.81. The number of rotatable bonds is 5. The van der Waals surface area contributed by atoms with Gasteiger partial charge in [-0.3, -0.25) is 4.79 Å². The van der Waals surface area contributed by atoms with Crippen molar-refractivity contribution in [1.29, 1.82) is 0 Å². The predicted molar refractivity (Wildman–Crippen MR) is 64.0 cm³/mol. The van der Waals surface area contributed by atoms with Crippen molar-refractivity contribution in [2.24, 2.45) is 5.73 Å². The van der Waals surface area contributed by atoms with Crippen LogP contribution in [-0.2, 0) is 19.1 Å². The number of hydrogen-bond donors (Lipinski definition) is 2. The molecule has 0 radical (unpaired) electrons. The maximum absolute atomic E-state index is 11.9. The van der Waals surface area contributed by atoms with Crippen molar-refractivity contribution in [1.82, 2.24) is 5.32 Å². The Kier molecular flexibility index (Phi) is 6.46. The molecule has 0 heterocycles. The number of alkyl halides is 3. The van der Waals surface area contributed by atoms with Gasteiger partial charge in [0.05, 0.1) is 6.42 Å². The number of alkyl carbamates (subject to hydrolysis) is 1. The van der Waals surface area contributed by atoms with Gasteiger partial charge in [0.2, 0.25) is 5.91 Å². The first kappa shape index (κ1) is 19.0. The Bertz CT molecular complexity index is 404. The van der Waals surface area contributed by atoms with Crippen molar-refractivity contribution in [2.45, 2.75) is 45.0 Å². The van der Waals surface area contributed by atoms with Crippen LogP contribution in [0, 0.1) is 0 Å². The van der Waals surface area contributed by atoms with Crippen LogP contribution in [0.2, 0.25) is 0 Å². The quantitative estimate of drug-likeness (QED) is 0.732. The molecule has 0 saturated carbocycles. The molecule has 122 valence electrons. The molecule has 0 aromatic rings. The van der Waals surface area contributed by atoms with Crippen LogP contribution in [0.15, 0.2) is 0 Å². The minimum Gasteiger partial charge on any atom is -0.454 e. The van der Waals surface area contributed by atoms with Gasteiger partial charge < -0.3 is 20.5 Å². The van der Waals surface area contributed by atoms with Gasteiger partial charge in [-0.25, -0.2) is 9.59 Å². The third-order valence-electron chi connectivity index (χ3n) is 1.76. The molecule has 0 aliphatic heterocycles. The van der Waals surface area contributed by atoms with E-state index in [1.165, 1.54) is 20.8 Å². The number of carbonyl (C=O) groups excluding carboxylic acids is 3. The van der Waals surface area contributed by atoms with Crippen LogP contribution in [0.1, 0.15) is 27.2 Å². The van der Waals surface area contributed by atoms with E-state index >= 15 is 0 Å². The smallest absolute Gasteiger partial charge is 0.422 e. The van der Waals surface area contributed by atoms with E-state index in [9.17, 15) is 27.6 Å². The number of esters is 1. The lowest BCUT2D eigenvalue weighted by Crippen LogP contribution is -2.46. The normalized spacial score (nSPS) is 13.2. The summed E-state index contributed by atoms with van der Waals surface area (Å²) >= 11 is 0. The second-order valence-corrected chi connectivity index (χ2v) is 5.09. The molecule has 2 amide bonds. The maximum atomic E-state index is 11.9. The number of halogens is 3. The first-order chi connectivity index (χ1) is 9.30. The van der Waals surface area contributed by atoms with E-state index in [0.29, 0.717) is 0 Å². The number of hydrogen-bond acceptors (Lipinski definition) is 5. The SMILES string of the molecule is CC(C)(C)OC(=O)N[C@@H](CC(N)=O)C(=O)OCC(F)(F)F. The van der Waals surface area contributed by atoms with E-state index in [2.05, 4.69) is 4.74 Å². The first-order valence-corrected chi connectivity index (χ1v) is 5.81. The van der Waals surface area contributed by atoms with Crippen molar-refractivity contribution in [3.63, 3.8) is 0 Å². The van der Waals surface area contributed by atoms with Gasteiger partial charge in [0.1, 0.15) is 11.6 Å². The topological polar surface area (TPSA) is 108 Å². The number of amides is 2. The molecule has 21 heavy (non-hydrogen) atoms. The third kappa shape index (κ3) is 10.4. The predicted octanol–water partition coefficient (Wildman–Crippen LogP) is 0.861. The van der Waals surface area contributed by atoms with E-state index in [1.54, 1.807) is 0 Å². The molecule has 0 unspecified atom stereocenters. The molecular weight excluding hydrogens is 297 g/mol. The average Bonchev–Trinajstić information content (AvgIpc) is 2.20. The molecule has 0 aliphatic carbocycles. The number of nitrogens with one attached hydrogen (secondary N) is 1. The van der Waals surface area contributed by atoms with Crippen LogP contribution in [0.4, 0.5) is 18.0 Å². The number of nitrogens with two attached hydrogens (primary N) is 1. The summed E-state index contributed by atoms with van der Waals surface area (Å²) in [7, 11) is 0. The van der Waals surface area contributed by atoms with Gasteiger partial charge in [-0.05, 0) is 20.8 Å². The summed E-state index contributed by atoms with van der Waals surface area (Å²) in [6.07, 6.45) is -6.52. The Hall–Kier alpha value is -2.00. The Labute approximate surface area is 118 Å². The highest BCUT2D eigenvalue weighted by atomic mass is 19.4. The van der Waals surface area contributed by atoms with Crippen LogP contribution >= 0.6 is 0 Å².